The van der Waals surface area contributed by atoms with Crippen molar-refractivity contribution < 1.29 is 24.2 Å². The Morgan fingerprint density at radius 3 is 2.59 bits per heavy atom. The molecule has 0 aliphatic carbocycles. The van der Waals surface area contributed by atoms with Gasteiger partial charge in [-0.3, -0.25) is 4.79 Å². The number of nitrogens with one attached hydrogen (secondary N) is 1. The van der Waals surface area contributed by atoms with Gasteiger partial charge >= 0.3 is 5.97 Å². The maximum Gasteiger partial charge on any atom is 0.341 e. The summed E-state index contributed by atoms with van der Waals surface area (Å²) in [5, 5.41) is 21.0. The lowest BCUT2D eigenvalue weighted by Gasteiger charge is -2.12. The monoisotopic (exact) mass is 506 g/mol. The third-order valence-corrected chi connectivity index (χ3v) is 4.70. The van der Waals surface area contributed by atoms with Gasteiger partial charge in [-0.25, -0.2) is 4.79 Å². The molecule has 2 aromatic carbocycles. The highest BCUT2D eigenvalue weighted by molar-refractivity contribution is 14.1. The molecule has 0 aliphatic heterocycles. The Bertz CT molecular complexity index is 1020. The molecule has 2 N–H and O–H groups in total. The Kier molecular flexibility index (Phi) is 7.61. The number of anilines is 1. The molecule has 0 fully saturated rings. The van der Waals surface area contributed by atoms with E-state index in [1.54, 1.807) is 18.2 Å². The fourth-order valence-electron chi connectivity index (χ4n) is 2.56. The van der Waals surface area contributed by atoms with Crippen molar-refractivity contribution in [2.75, 3.05) is 19.0 Å². The first kappa shape index (κ1) is 22.2. The smallest absolute Gasteiger partial charge is 0.341 e. The Morgan fingerprint density at radius 1 is 1.28 bits per heavy atom. The van der Waals surface area contributed by atoms with E-state index in [2.05, 4.69) is 5.32 Å². The molecule has 0 saturated carbocycles. The van der Waals surface area contributed by atoms with Gasteiger partial charge in [-0.2, -0.15) is 5.26 Å². The zero-order valence-corrected chi connectivity index (χ0v) is 18.2. The molecule has 0 aliphatic rings. The standard InChI is InChI=1S/C21H19IN2O5/c1-12-4-5-17(13(2)6-12)24-21(27)15(10-23)7-14-8-16(22)20(18(9-14)28-3)29-11-19(25)26/h4-9H,11H2,1-3H3,(H,24,27)(H,25,26)/b15-7+. The molecule has 0 spiro atoms. The predicted octanol–water partition coefficient (Wildman–Crippen LogP) is 3.93. The van der Waals surface area contributed by atoms with Crippen molar-refractivity contribution in [1.29, 1.82) is 5.26 Å². The van der Waals surface area contributed by atoms with Crippen LogP contribution in [0.2, 0.25) is 0 Å². The number of amides is 1. The van der Waals surface area contributed by atoms with Crippen LogP contribution in [-0.2, 0) is 9.59 Å². The fraction of sp³-hybridized carbons (Fsp3) is 0.190. The molecular formula is C21H19IN2O5. The first-order valence-electron chi connectivity index (χ1n) is 8.47. The van der Waals surface area contributed by atoms with Crippen LogP contribution in [-0.4, -0.2) is 30.7 Å². The van der Waals surface area contributed by atoms with E-state index in [9.17, 15) is 14.9 Å². The summed E-state index contributed by atoms with van der Waals surface area (Å²) in [4.78, 5) is 23.3. The minimum atomic E-state index is -1.11. The second kappa shape index (κ2) is 9.93. The number of hydrogen-bond acceptors (Lipinski definition) is 5. The number of carboxylic acid groups (broad SMARTS) is 1. The lowest BCUT2D eigenvalue weighted by molar-refractivity contribution is -0.139. The number of hydrogen-bond donors (Lipinski definition) is 2. The Balaban J connectivity index is 2.32. The summed E-state index contributed by atoms with van der Waals surface area (Å²) in [6.07, 6.45) is 1.44. The van der Waals surface area contributed by atoms with Crippen LogP contribution in [0.1, 0.15) is 16.7 Å². The fourth-order valence-corrected chi connectivity index (χ4v) is 3.34. The number of benzene rings is 2. The normalized spacial score (nSPS) is 10.8. The van der Waals surface area contributed by atoms with Crippen molar-refractivity contribution in [1.82, 2.24) is 0 Å². The number of aliphatic carboxylic acids is 1. The molecule has 2 rings (SSSR count). The van der Waals surface area contributed by atoms with Crippen LogP contribution >= 0.6 is 22.6 Å². The molecule has 0 saturated heterocycles. The van der Waals surface area contributed by atoms with Crippen LogP contribution in [0.15, 0.2) is 35.9 Å². The Hall–Kier alpha value is -3.06. The van der Waals surface area contributed by atoms with Crippen molar-refractivity contribution in [2.45, 2.75) is 13.8 Å². The SMILES string of the molecule is COc1cc(/C=C(\C#N)C(=O)Nc2ccc(C)cc2C)cc(I)c1OCC(=O)O. The molecule has 7 nitrogen and oxygen atoms in total. The number of ether oxygens (including phenoxy) is 2. The molecule has 0 bridgehead atoms. The summed E-state index contributed by atoms with van der Waals surface area (Å²) in [7, 11) is 1.42. The molecule has 1 amide bonds. The minimum Gasteiger partial charge on any atom is -0.493 e. The maximum absolute atomic E-state index is 12.5. The number of nitrogens with zero attached hydrogens (tertiary/aromatic N) is 1. The van der Waals surface area contributed by atoms with Gasteiger partial charge in [0.05, 0.1) is 10.7 Å². The van der Waals surface area contributed by atoms with Crippen LogP contribution in [0, 0.1) is 28.7 Å². The summed E-state index contributed by atoms with van der Waals surface area (Å²) in [5.41, 5.74) is 3.06. The van der Waals surface area contributed by atoms with Gasteiger partial charge in [0, 0.05) is 5.69 Å². The number of halogens is 1. The van der Waals surface area contributed by atoms with Gasteiger partial charge in [-0.15, -0.1) is 0 Å². The topological polar surface area (TPSA) is 109 Å². The molecule has 0 heterocycles. The summed E-state index contributed by atoms with van der Waals surface area (Å²) in [5.74, 6) is -1.05. The quantitative estimate of drug-likeness (QED) is 0.335. The third kappa shape index (κ3) is 5.96. The predicted molar refractivity (Wildman–Crippen MR) is 117 cm³/mol. The molecule has 2 aromatic rings. The molecule has 150 valence electrons. The summed E-state index contributed by atoms with van der Waals surface area (Å²) in [6, 6.07) is 10.8. The van der Waals surface area contributed by atoms with Crippen LogP contribution < -0.4 is 14.8 Å². The molecule has 0 radical (unpaired) electrons. The first-order valence-corrected chi connectivity index (χ1v) is 9.55. The van der Waals surface area contributed by atoms with Crippen LogP contribution in [0.5, 0.6) is 11.5 Å². The van der Waals surface area contributed by atoms with Gasteiger partial charge in [-0.1, -0.05) is 17.7 Å². The molecule has 0 atom stereocenters. The summed E-state index contributed by atoms with van der Waals surface area (Å²) >= 11 is 1.97. The van der Waals surface area contributed by atoms with Crippen molar-refractivity contribution in [2.24, 2.45) is 0 Å². The van der Waals surface area contributed by atoms with E-state index in [0.717, 1.165) is 11.1 Å². The van der Waals surface area contributed by atoms with Gasteiger partial charge < -0.3 is 19.9 Å². The maximum atomic E-state index is 12.5. The van der Waals surface area contributed by atoms with E-state index in [0.29, 0.717) is 20.6 Å². The van der Waals surface area contributed by atoms with Crippen molar-refractivity contribution in [3.8, 4) is 17.6 Å². The van der Waals surface area contributed by atoms with Gasteiger partial charge in [0.2, 0.25) is 0 Å². The van der Waals surface area contributed by atoms with Crippen molar-refractivity contribution in [3.63, 3.8) is 0 Å². The van der Waals surface area contributed by atoms with E-state index in [1.165, 1.54) is 13.2 Å². The number of carboxylic acids is 1. The number of methoxy groups -OCH3 is 1. The second-order valence-electron chi connectivity index (χ2n) is 6.16. The zero-order valence-electron chi connectivity index (χ0n) is 16.1. The number of carbonyl (C=O) groups excluding carboxylic acids is 1. The highest BCUT2D eigenvalue weighted by Crippen LogP contribution is 2.34. The number of carbonyl (C=O) groups is 2. The average Bonchev–Trinajstić information content (AvgIpc) is 2.66. The molecule has 0 aromatic heterocycles. The first-order chi connectivity index (χ1) is 13.7. The largest absolute Gasteiger partial charge is 0.493 e. The molecular weight excluding hydrogens is 487 g/mol. The molecule has 8 heteroatoms. The molecule has 0 unspecified atom stereocenters. The van der Waals surface area contributed by atoms with E-state index >= 15 is 0 Å². The van der Waals surface area contributed by atoms with Crippen LogP contribution in [0.3, 0.4) is 0 Å². The third-order valence-electron chi connectivity index (χ3n) is 3.90. The van der Waals surface area contributed by atoms with Crippen LogP contribution in [0.25, 0.3) is 6.08 Å². The minimum absolute atomic E-state index is 0.0815. The van der Waals surface area contributed by atoms with Crippen LogP contribution in [0.4, 0.5) is 5.69 Å². The lowest BCUT2D eigenvalue weighted by atomic mass is 10.1. The van der Waals surface area contributed by atoms with E-state index in [4.69, 9.17) is 14.6 Å². The molecule has 29 heavy (non-hydrogen) atoms. The lowest BCUT2D eigenvalue weighted by Crippen LogP contribution is -2.14. The average molecular weight is 506 g/mol. The second-order valence-corrected chi connectivity index (χ2v) is 7.32. The Morgan fingerprint density at radius 2 is 2.00 bits per heavy atom. The Labute approximate surface area is 182 Å². The number of nitriles is 1. The van der Waals surface area contributed by atoms with Gasteiger partial charge in [0.25, 0.3) is 5.91 Å². The summed E-state index contributed by atoms with van der Waals surface area (Å²) < 4.78 is 11.1. The van der Waals surface area contributed by atoms with Gasteiger partial charge in [0.15, 0.2) is 18.1 Å². The van der Waals surface area contributed by atoms with Crippen molar-refractivity contribution in [3.05, 3.63) is 56.2 Å². The van der Waals surface area contributed by atoms with E-state index < -0.39 is 18.5 Å². The highest BCUT2D eigenvalue weighted by Gasteiger charge is 2.15. The summed E-state index contributed by atoms with van der Waals surface area (Å²) in [6.45, 7) is 3.32. The van der Waals surface area contributed by atoms with Gasteiger partial charge in [-0.05, 0) is 71.8 Å². The van der Waals surface area contributed by atoms with Crippen molar-refractivity contribution >= 4 is 46.2 Å². The zero-order chi connectivity index (χ0) is 21.6. The number of rotatable bonds is 7. The van der Waals surface area contributed by atoms with Gasteiger partial charge in [0.1, 0.15) is 11.6 Å². The van der Waals surface area contributed by atoms with E-state index in [1.807, 2.05) is 54.6 Å². The number of aryl methyl sites for hydroxylation is 2. The highest BCUT2D eigenvalue weighted by atomic mass is 127. The van der Waals surface area contributed by atoms with E-state index in [-0.39, 0.29) is 11.3 Å².